The maximum Gasteiger partial charge on any atom is 0.213 e. The molecule has 1 aromatic rings. The Hall–Kier alpha value is -1.82. The summed E-state index contributed by atoms with van der Waals surface area (Å²) in [7, 11) is 3.42. The van der Waals surface area contributed by atoms with E-state index in [0.29, 0.717) is 18.3 Å². The summed E-state index contributed by atoms with van der Waals surface area (Å²) in [6.07, 6.45) is 4.34. The quantitative estimate of drug-likeness (QED) is 0.632. The van der Waals surface area contributed by atoms with Gasteiger partial charge in [-0.15, -0.1) is 0 Å². The number of pyridine rings is 1. The maximum absolute atomic E-state index is 6.05. The number of ether oxygens (including phenoxy) is 2. The van der Waals surface area contributed by atoms with E-state index in [0.717, 1.165) is 31.1 Å². The molecule has 0 bridgehead atoms. The zero-order valence-corrected chi connectivity index (χ0v) is 16.1. The average molecular weight is 348 g/mol. The van der Waals surface area contributed by atoms with E-state index in [9.17, 15) is 0 Å². The molecule has 6 heteroatoms. The summed E-state index contributed by atoms with van der Waals surface area (Å²) < 4.78 is 11.2. The molecule has 0 radical (unpaired) electrons. The van der Waals surface area contributed by atoms with Crippen molar-refractivity contribution < 1.29 is 9.47 Å². The van der Waals surface area contributed by atoms with Crippen LogP contribution in [0.25, 0.3) is 0 Å². The molecule has 0 aliphatic carbocycles. The molecule has 0 amide bonds. The number of nitrogens with zero attached hydrogens (tertiary/aromatic N) is 2. The second-order valence-electron chi connectivity index (χ2n) is 7.57. The molecule has 1 aromatic heterocycles. The van der Waals surface area contributed by atoms with Crippen LogP contribution >= 0.6 is 0 Å². The van der Waals surface area contributed by atoms with Crippen molar-refractivity contribution in [1.29, 1.82) is 0 Å². The van der Waals surface area contributed by atoms with Crippen LogP contribution < -0.4 is 15.4 Å². The van der Waals surface area contributed by atoms with Crippen molar-refractivity contribution in [3.8, 4) is 5.88 Å². The van der Waals surface area contributed by atoms with Crippen molar-refractivity contribution in [3.63, 3.8) is 0 Å². The van der Waals surface area contributed by atoms with Crippen LogP contribution in [0.4, 0.5) is 0 Å². The number of hydrogen-bond donors (Lipinski definition) is 2. The van der Waals surface area contributed by atoms with E-state index in [-0.39, 0.29) is 11.5 Å². The molecule has 25 heavy (non-hydrogen) atoms. The van der Waals surface area contributed by atoms with Gasteiger partial charge in [0.25, 0.3) is 0 Å². The second-order valence-corrected chi connectivity index (χ2v) is 7.57. The van der Waals surface area contributed by atoms with Crippen molar-refractivity contribution in [3.05, 3.63) is 23.9 Å². The van der Waals surface area contributed by atoms with Gasteiger partial charge in [-0.3, -0.25) is 4.99 Å². The van der Waals surface area contributed by atoms with Gasteiger partial charge in [0.2, 0.25) is 5.88 Å². The molecule has 140 valence electrons. The Morgan fingerprint density at radius 2 is 2.20 bits per heavy atom. The Morgan fingerprint density at radius 3 is 2.88 bits per heavy atom. The molecule has 1 aliphatic heterocycles. The fraction of sp³-hybridized carbons (Fsp3) is 0.684. The van der Waals surface area contributed by atoms with Crippen molar-refractivity contribution in [2.75, 3.05) is 27.3 Å². The topological polar surface area (TPSA) is 67.8 Å². The van der Waals surface area contributed by atoms with Gasteiger partial charge in [-0.25, -0.2) is 4.98 Å². The van der Waals surface area contributed by atoms with Gasteiger partial charge in [-0.1, -0.05) is 20.8 Å². The summed E-state index contributed by atoms with van der Waals surface area (Å²) in [5, 5.41) is 6.80. The SMILES string of the molecule is CN=C(NCc1ccnc(OC)c1)NCC1CCCOC1C(C)(C)C. The lowest BCUT2D eigenvalue weighted by atomic mass is 9.78. The highest BCUT2D eigenvalue weighted by atomic mass is 16.5. The van der Waals surface area contributed by atoms with Crippen LogP contribution in [0.3, 0.4) is 0 Å². The highest BCUT2D eigenvalue weighted by molar-refractivity contribution is 5.79. The van der Waals surface area contributed by atoms with Gasteiger partial charge >= 0.3 is 0 Å². The highest BCUT2D eigenvalue weighted by Gasteiger charge is 2.35. The van der Waals surface area contributed by atoms with E-state index in [1.54, 1.807) is 20.4 Å². The molecule has 1 fully saturated rings. The fourth-order valence-electron chi connectivity index (χ4n) is 3.32. The lowest BCUT2D eigenvalue weighted by Gasteiger charge is -2.40. The van der Waals surface area contributed by atoms with Gasteiger partial charge in [-0.05, 0) is 29.9 Å². The van der Waals surface area contributed by atoms with Crippen LogP contribution in [-0.2, 0) is 11.3 Å². The zero-order valence-electron chi connectivity index (χ0n) is 16.1. The van der Waals surface area contributed by atoms with Crippen LogP contribution in [0.15, 0.2) is 23.3 Å². The zero-order chi connectivity index (χ0) is 18.3. The summed E-state index contributed by atoms with van der Waals surface area (Å²) in [6.45, 7) is 9.15. The molecule has 1 aliphatic rings. The lowest BCUT2D eigenvalue weighted by molar-refractivity contribution is -0.0835. The van der Waals surface area contributed by atoms with Gasteiger partial charge < -0.3 is 20.1 Å². The van der Waals surface area contributed by atoms with Gasteiger partial charge in [0.05, 0.1) is 13.2 Å². The van der Waals surface area contributed by atoms with E-state index >= 15 is 0 Å². The molecular formula is C19H32N4O2. The van der Waals surface area contributed by atoms with E-state index < -0.39 is 0 Å². The van der Waals surface area contributed by atoms with Crippen molar-refractivity contribution in [2.24, 2.45) is 16.3 Å². The van der Waals surface area contributed by atoms with Gasteiger partial charge in [-0.2, -0.15) is 0 Å². The third-order valence-corrected chi connectivity index (χ3v) is 4.52. The number of methoxy groups -OCH3 is 1. The summed E-state index contributed by atoms with van der Waals surface area (Å²) >= 11 is 0. The molecule has 0 aromatic carbocycles. The Labute approximate surface area is 151 Å². The van der Waals surface area contributed by atoms with E-state index in [2.05, 4.69) is 41.4 Å². The Balaban J connectivity index is 1.87. The molecule has 0 saturated carbocycles. The van der Waals surface area contributed by atoms with E-state index in [4.69, 9.17) is 9.47 Å². The molecular weight excluding hydrogens is 316 g/mol. The second kappa shape index (κ2) is 9.04. The van der Waals surface area contributed by atoms with Crippen LogP contribution in [0.5, 0.6) is 5.88 Å². The van der Waals surface area contributed by atoms with Gasteiger partial charge in [0, 0.05) is 44.9 Å². The van der Waals surface area contributed by atoms with Gasteiger partial charge in [0.15, 0.2) is 5.96 Å². The Kier molecular flexibility index (Phi) is 7.05. The molecule has 2 N–H and O–H groups in total. The first-order chi connectivity index (χ1) is 11.9. The molecule has 0 spiro atoms. The molecule has 1 saturated heterocycles. The highest BCUT2D eigenvalue weighted by Crippen LogP contribution is 2.33. The Bertz CT molecular complexity index is 569. The normalized spacial score (nSPS) is 21.7. The largest absolute Gasteiger partial charge is 0.481 e. The first-order valence-electron chi connectivity index (χ1n) is 8.99. The van der Waals surface area contributed by atoms with E-state index in [1.165, 1.54) is 6.42 Å². The maximum atomic E-state index is 6.05. The third-order valence-electron chi connectivity index (χ3n) is 4.52. The number of guanidine groups is 1. The van der Waals surface area contributed by atoms with Crippen LogP contribution in [0.1, 0.15) is 39.2 Å². The summed E-state index contributed by atoms with van der Waals surface area (Å²) in [6, 6.07) is 3.89. The summed E-state index contributed by atoms with van der Waals surface area (Å²) in [4.78, 5) is 8.45. The number of hydrogen-bond acceptors (Lipinski definition) is 4. The van der Waals surface area contributed by atoms with Crippen molar-refractivity contribution in [1.82, 2.24) is 15.6 Å². The molecule has 2 heterocycles. The number of aromatic nitrogens is 1. The minimum Gasteiger partial charge on any atom is -0.481 e. The number of aliphatic imine (C=N–C) groups is 1. The average Bonchev–Trinajstić information content (AvgIpc) is 2.61. The lowest BCUT2D eigenvalue weighted by Crippen LogP contribution is -2.47. The minimum atomic E-state index is 0.150. The van der Waals surface area contributed by atoms with E-state index in [1.807, 2.05) is 12.1 Å². The third kappa shape index (κ3) is 5.88. The monoisotopic (exact) mass is 348 g/mol. The number of rotatable bonds is 5. The Morgan fingerprint density at radius 1 is 1.40 bits per heavy atom. The fourth-order valence-corrected chi connectivity index (χ4v) is 3.32. The van der Waals surface area contributed by atoms with Crippen LogP contribution in [0.2, 0.25) is 0 Å². The summed E-state index contributed by atoms with van der Waals surface area (Å²) in [5.74, 6) is 1.91. The number of nitrogens with one attached hydrogen (secondary N) is 2. The minimum absolute atomic E-state index is 0.150. The van der Waals surface area contributed by atoms with Crippen molar-refractivity contribution >= 4 is 5.96 Å². The summed E-state index contributed by atoms with van der Waals surface area (Å²) in [5.41, 5.74) is 1.25. The van der Waals surface area contributed by atoms with Crippen LogP contribution in [0, 0.1) is 11.3 Å². The predicted molar refractivity (Wildman–Crippen MR) is 101 cm³/mol. The standard InChI is InChI=1S/C19H32N4O2/c1-19(2,3)17-15(7-6-10-25-17)13-23-18(20-4)22-12-14-8-9-21-16(11-14)24-5/h8-9,11,15,17H,6-7,10,12-13H2,1-5H3,(H2,20,22,23). The van der Waals surface area contributed by atoms with Gasteiger partial charge in [0.1, 0.15) is 0 Å². The molecule has 2 unspecified atom stereocenters. The molecule has 2 atom stereocenters. The molecule has 6 nitrogen and oxygen atoms in total. The van der Waals surface area contributed by atoms with Crippen LogP contribution in [-0.4, -0.2) is 44.4 Å². The van der Waals surface area contributed by atoms with Crippen molar-refractivity contribution in [2.45, 2.75) is 46.3 Å². The molecule has 2 rings (SSSR count). The first-order valence-corrected chi connectivity index (χ1v) is 8.99. The smallest absolute Gasteiger partial charge is 0.213 e. The predicted octanol–water partition coefficient (Wildman–Crippen LogP) is 2.60. The first kappa shape index (κ1) is 19.5.